The van der Waals surface area contributed by atoms with Crippen LogP contribution in [0.3, 0.4) is 0 Å². The summed E-state index contributed by atoms with van der Waals surface area (Å²) in [4.78, 5) is 0. The van der Waals surface area contributed by atoms with E-state index in [0.29, 0.717) is 18.1 Å². The number of rotatable bonds is 4. The first-order valence-corrected chi connectivity index (χ1v) is 6.58. The van der Waals surface area contributed by atoms with E-state index >= 15 is 0 Å². The number of pyridine rings is 1. The minimum Gasteiger partial charge on any atom is -0.506 e. The van der Waals surface area contributed by atoms with Crippen molar-refractivity contribution in [3.8, 4) is 5.75 Å². The van der Waals surface area contributed by atoms with Crippen LogP contribution in [-0.2, 0) is 13.1 Å². The van der Waals surface area contributed by atoms with E-state index in [9.17, 15) is 5.11 Å². The van der Waals surface area contributed by atoms with E-state index < -0.39 is 0 Å². The van der Waals surface area contributed by atoms with E-state index in [1.165, 1.54) is 0 Å². The van der Waals surface area contributed by atoms with Gasteiger partial charge in [0.25, 0.3) is 0 Å². The molecule has 20 heavy (non-hydrogen) atoms. The highest BCUT2D eigenvalue weighted by Crippen LogP contribution is 2.23. The van der Waals surface area contributed by atoms with E-state index in [0.717, 1.165) is 17.0 Å². The number of fused-ring (bicyclic) bond motifs is 1. The Hall–Kier alpha value is -2.11. The van der Waals surface area contributed by atoms with Crippen molar-refractivity contribution in [1.82, 2.24) is 19.9 Å². The molecular weight excluding hydrogens is 276 g/mol. The summed E-state index contributed by atoms with van der Waals surface area (Å²) in [6.07, 6.45) is 1.93. The molecule has 0 fully saturated rings. The zero-order valence-corrected chi connectivity index (χ0v) is 11.4. The average Bonchev–Trinajstić information content (AvgIpc) is 2.86. The Kier molecular flexibility index (Phi) is 3.54. The van der Waals surface area contributed by atoms with Gasteiger partial charge in [0.1, 0.15) is 5.75 Å². The van der Waals surface area contributed by atoms with Crippen molar-refractivity contribution >= 4 is 17.2 Å². The lowest BCUT2D eigenvalue weighted by molar-refractivity contribution is 0.475. The Bertz CT molecular complexity index is 741. The zero-order valence-electron chi connectivity index (χ0n) is 10.6. The maximum Gasteiger partial charge on any atom is 0.160 e. The van der Waals surface area contributed by atoms with Crippen LogP contribution in [-0.4, -0.2) is 19.7 Å². The molecule has 2 N–H and O–H groups in total. The lowest BCUT2D eigenvalue weighted by atomic mass is 10.2. The van der Waals surface area contributed by atoms with Crippen molar-refractivity contribution in [2.24, 2.45) is 0 Å². The quantitative estimate of drug-likeness (QED) is 0.774. The number of aromatic hydroxyl groups is 1. The molecule has 0 aliphatic rings. The summed E-state index contributed by atoms with van der Waals surface area (Å²) in [6.45, 7) is 1.24. The summed E-state index contributed by atoms with van der Waals surface area (Å²) in [5.41, 5.74) is 1.83. The number of phenolic OH excluding ortho intramolecular Hbond substituents is 1. The largest absolute Gasteiger partial charge is 0.506 e. The molecule has 2 heterocycles. The molecule has 0 aliphatic carbocycles. The Morgan fingerprint density at radius 1 is 1.15 bits per heavy atom. The highest BCUT2D eigenvalue weighted by Gasteiger charge is 2.04. The molecule has 0 unspecified atom stereocenters. The highest BCUT2D eigenvalue weighted by atomic mass is 35.5. The number of halogens is 1. The van der Waals surface area contributed by atoms with Crippen LogP contribution in [0.4, 0.5) is 0 Å². The van der Waals surface area contributed by atoms with Crippen molar-refractivity contribution < 1.29 is 5.11 Å². The fourth-order valence-corrected chi connectivity index (χ4v) is 2.19. The molecular formula is C14H13ClN4O. The van der Waals surface area contributed by atoms with Crippen LogP contribution in [0.5, 0.6) is 5.75 Å². The lowest BCUT2D eigenvalue weighted by Gasteiger charge is -2.05. The second kappa shape index (κ2) is 5.48. The molecule has 2 aromatic heterocycles. The molecule has 6 heteroatoms. The first-order chi connectivity index (χ1) is 9.74. The van der Waals surface area contributed by atoms with Gasteiger partial charge in [-0.05, 0) is 29.8 Å². The van der Waals surface area contributed by atoms with Gasteiger partial charge >= 0.3 is 0 Å². The average molecular weight is 289 g/mol. The predicted molar refractivity (Wildman–Crippen MR) is 76.6 cm³/mol. The van der Waals surface area contributed by atoms with Crippen molar-refractivity contribution in [3.05, 3.63) is 59.0 Å². The van der Waals surface area contributed by atoms with E-state index in [1.54, 1.807) is 12.1 Å². The summed E-state index contributed by atoms with van der Waals surface area (Å²) < 4.78 is 1.94. The molecule has 5 nitrogen and oxygen atoms in total. The number of benzene rings is 1. The van der Waals surface area contributed by atoms with E-state index in [-0.39, 0.29) is 5.75 Å². The lowest BCUT2D eigenvalue weighted by Crippen LogP contribution is -2.14. The van der Waals surface area contributed by atoms with Gasteiger partial charge in [0.15, 0.2) is 11.5 Å². The molecule has 0 saturated carbocycles. The molecule has 0 spiro atoms. The second-order valence-corrected chi connectivity index (χ2v) is 4.84. The maximum absolute atomic E-state index is 9.36. The van der Waals surface area contributed by atoms with Crippen molar-refractivity contribution in [2.75, 3.05) is 0 Å². The zero-order chi connectivity index (χ0) is 13.9. The molecule has 102 valence electrons. The SMILES string of the molecule is Oc1ccc(CNCc2nnc3ccccn23)cc1Cl. The second-order valence-electron chi connectivity index (χ2n) is 4.43. The molecule has 3 aromatic rings. The minimum atomic E-state index is 0.0962. The van der Waals surface area contributed by atoms with Crippen LogP contribution in [0.1, 0.15) is 11.4 Å². The first kappa shape index (κ1) is 12.9. The first-order valence-electron chi connectivity index (χ1n) is 6.21. The molecule has 0 bridgehead atoms. The summed E-state index contributed by atoms with van der Waals surface area (Å²) in [5.74, 6) is 0.948. The van der Waals surface area contributed by atoms with Crippen LogP contribution in [0, 0.1) is 0 Å². The van der Waals surface area contributed by atoms with Crippen LogP contribution >= 0.6 is 11.6 Å². The number of aromatic nitrogens is 3. The normalized spacial score (nSPS) is 11.1. The van der Waals surface area contributed by atoms with Gasteiger partial charge < -0.3 is 10.4 Å². The van der Waals surface area contributed by atoms with Gasteiger partial charge in [-0.1, -0.05) is 23.7 Å². The molecule has 0 amide bonds. The van der Waals surface area contributed by atoms with Gasteiger partial charge in [-0.2, -0.15) is 0 Å². The monoisotopic (exact) mass is 288 g/mol. The smallest absolute Gasteiger partial charge is 0.160 e. The maximum atomic E-state index is 9.36. The van der Waals surface area contributed by atoms with Crippen molar-refractivity contribution in [1.29, 1.82) is 0 Å². The fourth-order valence-electron chi connectivity index (χ4n) is 1.99. The fraction of sp³-hybridized carbons (Fsp3) is 0.143. The van der Waals surface area contributed by atoms with Gasteiger partial charge in [-0.25, -0.2) is 0 Å². The van der Waals surface area contributed by atoms with Crippen LogP contribution in [0.15, 0.2) is 42.6 Å². The van der Waals surface area contributed by atoms with Crippen LogP contribution in [0.2, 0.25) is 5.02 Å². The van der Waals surface area contributed by atoms with Gasteiger partial charge in [-0.15, -0.1) is 10.2 Å². The molecule has 3 rings (SSSR count). The molecule has 0 atom stereocenters. The Morgan fingerprint density at radius 2 is 2.05 bits per heavy atom. The molecule has 0 aliphatic heterocycles. The van der Waals surface area contributed by atoms with E-state index in [1.807, 2.05) is 34.9 Å². The summed E-state index contributed by atoms with van der Waals surface area (Å²) in [6, 6.07) is 10.9. The number of hydrogen-bond donors (Lipinski definition) is 2. The number of nitrogens with zero attached hydrogens (tertiary/aromatic N) is 3. The topological polar surface area (TPSA) is 62.5 Å². The number of phenols is 1. The highest BCUT2D eigenvalue weighted by molar-refractivity contribution is 6.32. The molecule has 0 radical (unpaired) electrons. The Labute approximate surface area is 120 Å². The van der Waals surface area contributed by atoms with Crippen molar-refractivity contribution in [3.63, 3.8) is 0 Å². The Balaban J connectivity index is 1.66. The Morgan fingerprint density at radius 3 is 2.90 bits per heavy atom. The standard InChI is InChI=1S/C14H13ClN4O/c15-11-7-10(4-5-12(11)20)8-16-9-14-18-17-13-3-1-2-6-19(13)14/h1-7,16,20H,8-9H2. The molecule has 0 saturated heterocycles. The van der Waals surface area contributed by atoms with Crippen LogP contribution in [0.25, 0.3) is 5.65 Å². The van der Waals surface area contributed by atoms with Gasteiger partial charge in [-0.3, -0.25) is 4.40 Å². The third-order valence-electron chi connectivity index (χ3n) is 3.01. The summed E-state index contributed by atoms with van der Waals surface area (Å²) >= 11 is 5.87. The summed E-state index contributed by atoms with van der Waals surface area (Å²) in [7, 11) is 0. The third-order valence-corrected chi connectivity index (χ3v) is 3.31. The predicted octanol–water partition coefficient (Wildman–Crippen LogP) is 2.38. The third kappa shape index (κ3) is 2.59. The van der Waals surface area contributed by atoms with Crippen LogP contribution < -0.4 is 5.32 Å². The van der Waals surface area contributed by atoms with E-state index in [2.05, 4.69) is 15.5 Å². The van der Waals surface area contributed by atoms with Crippen molar-refractivity contribution in [2.45, 2.75) is 13.1 Å². The molecule has 1 aromatic carbocycles. The summed E-state index contributed by atoms with van der Waals surface area (Å²) in [5, 5.41) is 21.2. The van der Waals surface area contributed by atoms with Gasteiger partial charge in [0.2, 0.25) is 0 Å². The van der Waals surface area contributed by atoms with Gasteiger partial charge in [0, 0.05) is 12.7 Å². The van der Waals surface area contributed by atoms with Gasteiger partial charge in [0.05, 0.1) is 11.6 Å². The minimum absolute atomic E-state index is 0.0962. The van der Waals surface area contributed by atoms with E-state index in [4.69, 9.17) is 11.6 Å². The number of hydrogen-bond acceptors (Lipinski definition) is 4. The number of nitrogens with one attached hydrogen (secondary N) is 1.